The van der Waals surface area contributed by atoms with Crippen molar-refractivity contribution in [2.45, 2.75) is 10.9 Å². The normalized spacial score (nSPS) is 15.2. The average molecular weight is 507 g/mol. The predicted octanol–water partition coefficient (Wildman–Crippen LogP) is 4.56. The number of carbonyl (C=O) groups is 1. The van der Waals surface area contributed by atoms with Crippen LogP contribution < -0.4 is 0 Å². The van der Waals surface area contributed by atoms with E-state index in [2.05, 4.69) is 29.2 Å². The molecular weight excluding hydrogens is 483 g/mol. The van der Waals surface area contributed by atoms with E-state index < -0.39 is 16.0 Å². The lowest BCUT2D eigenvalue weighted by Gasteiger charge is -2.39. The van der Waals surface area contributed by atoms with E-state index in [4.69, 9.17) is 11.6 Å². The molecule has 1 aliphatic rings. The predicted molar refractivity (Wildman–Crippen MR) is 131 cm³/mol. The summed E-state index contributed by atoms with van der Waals surface area (Å²) in [5.41, 5.74) is 2.08. The zero-order valence-electron chi connectivity index (χ0n) is 17.7. The van der Waals surface area contributed by atoms with Crippen molar-refractivity contribution in [3.8, 4) is 0 Å². The Hall–Kier alpha value is -2.42. The topological polar surface area (TPSA) is 77.9 Å². The number of nitrogens with zero attached hydrogens (tertiary/aromatic N) is 2. The number of benzene rings is 3. The monoisotopic (exact) mass is 506 g/mol. The Labute approximate surface area is 204 Å². The second-order valence-corrected chi connectivity index (χ2v) is 9.96. The number of carboxylic acid groups (broad SMARTS) is 1. The molecule has 0 atom stereocenters. The van der Waals surface area contributed by atoms with Crippen LogP contribution in [0.3, 0.4) is 0 Å². The molecule has 3 aromatic carbocycles. The highest BCUT2D eigenvalue weighted by molar-refractivity contribution is 7.89. The maximum absolute atomic E-state index is 13.2. The highest BCUT2D eigenvalue weighted by Crippen LogP contribution is 2.31. The van der Waals surface area contributed by atoms with E-state index in [1.807, 2.05) is 36.4 Å². The van der Waals surface area contributed by atoms with Gasteiger partial charge in [-0.25, -0.2) is 13.2 Å². The Morgan fingerprint density at radius 2 is 1.36 bits per heavy atom. The second-order valence-electron chi connectivity index (χ2n) is 7.61. The van der Waals surface area contributed by atoms with Gasteiger partial charge in [-0.2, -0.15) is 4.31 Å². The van der Waals surface area contributed by atoms with Crippen LogP contribution in [0.25, 0.3) is 0 Å². The third kappa shape index (κ3) is 5.39. The highest BCUT2D eigenvalue weighted by atomic mass is 35.5. The number of piperazine rings is 1. The molecule has 3 aromatic rings. The van der Waals surface area contributed by atoms with Gasteiger partial charge in [0.25, 0.3) is 0 Å². The fourth-order valence-electron chi connectivity index (χ4n) is 4.06. The number of hydrogen-bond acceptors (Lipinski definition) is 4. The number of carboxylic acids is 1. The molecule has 4 rings (SSSR count). The molecule has 1 heterocycles. The lowest BCUT2D eigenvalue weighted by atomic mass is 9.96. The maximum atomic E-state index is 13.2. The Balaban J connectivity index is 0.00000306. The van der Waals surface area contributed by atoms with Crippen LogP contribution in [0.1, 0.15) is 27.5 Å². The molecule has 0 saturated carbocycles. The molecule has 174 valence electrons. The van der Waals surface area contributed by atoms with Crippen LogP contribution in [-0.2, 0) is 10.0 Å². The molecule has 1 saturated heterocycles. The van der Waals surface area contributed by atoms with Crippen LogP contribution in [0.2, 0.25) is 5.02 Å². The van der Waals surface area contributed by atoms with E-state index in [0.717, 1.165) is 17.2 Å². The molecule has 0 spiro atoms. The van der Waals surface area contributed by atoms with Crippen LogP contribution in [0.4, 0.5) is 0 Å². The second kappa shape index (κ2) is 10.7. The third-order valence-corrected chi connectivity index (χ3v) is 7.90. The van der Waals surface area contributed by atoms with Gasteiger partial charge in [-0.05, 0) is 29.3 Å². The van der Waals surface area contributed by atoms with Gasteiger partial charge < -0.3 is 5.11 Å². The van der Waals surface area contributed by atoms with Crippen molar-refractivity contribution in [2.24, 2.45) is 0 Å². The van der Waals surface area contributed by atoms with Crippen molar-refractivity contribution >= 4 is 40.0 Å². The average Bonchev–Trinajstić information content (AvgIpc) is 2.81. The minimum absolute atomic E-state index is 0. The van der Waals surface area contributed by atoms with Gasteiger partial charge >= 0.3 is 5.97 Å². The van der Waals surface area contributed by atoms with Crippen molar-refractivity contribution in [2.75, 3.05) is 26.2 Å². The molecule has 1 fully saturated rings. The Morgan fingerprint density at radius 3 is 1.85 bits per heavy atom. The minimum atomic E-state index is -3.83. The standard InChI is InChI=1S/C24H23ClN2O4S.ClH/c25-22-12-11-20(17-21(22)24(28)29)32(30,31)27-15-13-26(14-16-27)23(18-7-3-1-4-8-18)19-9-5-2-6-10-19;/h1-12,17,23H,13-16H2,(H,28,29);1H. The summed E-state index contributed by atoms with van der Waals surface area (Å²) in [7, 11) is -3.83. The quantitative estimate of drug-likeness (QED) is 0.530. The van der Waals surface area contributed by atoms with E-state index in [1.165, 1.54) is 16.4 Å². The first kappa shape index (κ1) is 25.2. The number of aromatic carboxylic acids is 1. The molecular formula is C24H24Cl2N2O4S. The van der Waals surface area contributed by atoms with E-state index in [9.17, 15) is 18.3 Å². The zero-order valence-corrected chi connectivity index (χ0v) is 20.1. The van der Waals surface area contributed by atoms with Gasteiger partial charge in [0.15, 0.2) is 0 Å². The first-order valence-corrected chi connectivity index (χ1v) is 12.1. The van der Waals surface area contributed by atoms with Gasteiger partial charge in [-0.1, -0.05) is 72.3 Å². The highest BCUT2D eigenvalue weighted by Gasteiger charge is 2.32. The van der Waals surface area contributed by atoms with Crippen LogP contribution in [0.15, 0.2) is 83.8 Å². The Bertz CT molecular complexity index is 1160. The van der Waals surface area contributed by atoms with E-state index in [0.29, 0.717) is 26.2 Å². The molecule has 0 aliphatic carbocycles. The molecule has 0 radical (unpaired) electrons. The largest absolute Gasteiger partial charge is 0.478 e. The zero-order chi connectivity index (χ0) is 22.7. The Kier molecular flexibility index (Phi) is 8.15. The van der Waals surface area contributed by atoms with E-state index >= 15 is 0 Å². The number of sulfonamides is 1. The minimum Gasteiger partial charge on any atom is -0.478 e. The van der Waals surface area contributed by atoms with Crippen LogP contribution >= 0.6 is 24.0 Å². The van der Waals surface area contributed by atoms with Crippen LogP contribution in [0.5, 0.6) is 0 Å². The van der Waals surface area contributed by atoms with Crippen molar-refractivity contribution in [3.05, 3.63) is 101 Å². The van der Waals surface area contributed by atoms with Gasteiger partial charge in [0.1, 0.15) is 0 Å². The first-order chi connectivity index (χ1) is 15.4. The van der Waals surface area contributed by atoms with Crippen molar-refractivity contribution in [1.29, 1.82) is 0 Å². The van der Waals surface area contributed by atoms with Crippen molar-refractivity contribution in [3.63, 3.8) is 0 Å². The molecule has 0 bridgehead atoms. The summed E-state index contributed by atoms with van der Waals surface area (Å²) in [4.78, 5) is 13.6. The maximum Gasteiger partial charge on any atom is 0.337 e. The third-order valence-electron chi connectivity index (χ3n) is 5.68. The molecule has 0 amide bonds. The molecule has 33 heavy (non-hydrogen) atoms. The Morgan fingerprint density at radius 1 is 0.848 bits per heavy atom. The summed E-state index contributed by atoms with van der Waals surface area (Å²) in [6.45, 7) is 1.72. The fourth-order valence-corrected chi connectivity index (χ4v) is 5.71. The summed E-state index contributed by atoms with van der Waals surface area (Å²) in [6.07, 6.45) is 0. The summed E-state index contributed by atoms with van der Waals surface area (Å²) >= 11 is 5.90. The van der Waals surface area contributed by atoms with Crippen LogP contribution in [0, 0.1) is 0 Å². The first-order valence-electron chi connectivity index (χ1n) is 10.2. The summed E-state index contributed by atoms with van der Waals surface area (Å²) < 4.78 is 27.7. The van der Waals surface area contributed by atoms with Gasteiger partial charge in [0, 0.05) is 26.2 Å². The van der Waals surface area contributed by atoms with Gasteiger partial charge in [-0.15, -0.1) is 12.4 Å². The summed E-state index contributed by atoms with van der Waals surface area (Å²) in [5, 5.41) is 9.29. The number of halogens is 2. The SMILES string of the molecule is Cl.O=C(O)c1cc(S(=O)(=O)N2CCN(C(c3ccccc3)c3ccccc3)CC2)ccc1Cl. The van der Waals surface area contributed by atoms with Gasteiger partial charge in [0.2, 0.25) is 10.0 Å². The van der Waals surface area contributed by atoms with E-state index in [1.54, 1.807) is 0 Å². The molecule has 0 unspecified atom stereocenters. The summed E-state index contributed by atoms with van der Waals surface area (Å²) in [6, 6.07) is 24.1. The van der Waals surface area contributed by atoms with Crippen LogP contribution in [-0.4, -0.2) is 54.9 Å². The van der Waals surface area contributed by atoms with E-state index in [-0.39, 0.29) is 33.9 Å². The fraction of sp³-hybridized carbons (Fsp3) is 0.208. The lowest BCUT2D eigenvalue weighted by molar-refractivity contribution is 0.0697. The number of rotatable bonds is 6. The summed E-state index contributed by atoms with van der Waals surface area (Å²) in [5.74, 6) is -1.26. The molecule has 6 nitrogen and oxygen atoms in total. The smallest absolute Gasteiger partial charge is 0.337 e. The molecule has 1 aliphatic heterocycles. The van der Waals surface area contributed by atoms with Gasteiger partial charge in [-0.3, -0.25) is 4.90 Å². The molecule has 1 N–H and O–H groups in total. The number of hydrogen-bond donors (Lipinski definition) is 1. The molecule has 0 aromatic heterocycles. The van der Waals surface area contributed by atoms with Gasteiger partial charge in [0.05, 0.1) is 21.5 Å². The van der Waals surface area contributed by atoms with Crippen molar-refractivity contribution < 1.29 is 18.3 Å². The van der Waals surface area contributed by atoms with Crippen molar-refractivity contribution in [1.82, 2.24) is 9.21 Å². The molecule has 9 heteroatoms. The lowest BCUT2D eigenvalue weighted by Crippen LogP contribution is -2.49.